The van der Waals surface area contributed by atoms with E-state index in [2.05, 4.69) is 19.8 Å². The number of hydrogen-bond acceptors (Lipinski definition) is 5. The van der Waals surface area contributed by atoms with Crippen molar-refractivity contribution in [3.8, 4) is 5.75 Å². The number of nitrogens with zero attached hydrogens (tertiary/aromatic N) is 1. The van der Waals surface area contributed by atoms with E-state index >= 15 is 0 Å². The number of carbonyl (C=O) groups excluding carboxylic acids is 1. The van der Waals surface area contributed by atoms with Crippen LogP contribution in [0, 0.1) is 0 Å². The van der Waals surface area contributed by atoms with E-state index in [1.807, 2.05) is 24.3 Å². The second kappa shape index (κ2) is 10.9. The lowest BCUT2D eigenvalue weighted by Crippen LogP contribution is -2.31. The molecule has 0 radical (unpaired) electrons. The highest BCUT2D eigenvalue weighted by Crippen LogP contribution is 2.46. The fourth-order valence-corrected chi connectivity index (χ4v) is 5.80. The molecule has 3 aromatic carbocycles. The Kier molecular flexibility index (Phi) is 7.52. The maximum absolute atomic E-state index is 13.6. The van der Waals surface area contributed by atoms with Gasteiger partial charge in [-0.2, -0.15) is 4.72 Å². The van der Waals surface area contributed by atoms with Crippen LogP contribution in [0.15, 0.2) is 83.9 Å². The molecule has 40 heavy (non-hydrogen) atoms. The smallest absolute Gasteiger partial charge is 0.406 e. The fraction of sp³-hybridized carbons (Fsp3) is 0.241. The number of alkyl halides is 3. The van der Waals surface area contributed by atoms with Crippen molar-refractivity contribution in [1.82, 2.24) is 15.0 Å². The highest BCUT2D eigenvalue weighted by molar-refractivity contribution is 7.89. The topological polar surface area (TPSA) is 97.4 Å². The quantitative estimate of drug-likeness (QED) is 0.269. The predicted octanol–water partition coefficient (Wildman–Crippen LogP) is 5.71. The van der Waals surface area contributed by atoms with Crippen LogP contribution in [-0.4, -0.2) is 25.7 Å². The third-order valence-electron chi connectivity index (χ3n) is 6.62. The first kappa shape index (κ1) is 27.6. The Morgan fingerprint density at radius 3 is 2.33 bits per heavy atom. The van der Waals surface area contributed by atoms with Gasteiger partial charge in [-0.05, 0) is 65.1 Å². The number of hydrogen-bond donors (Lipinski definition) is 2. The Bertz CT molecular complexity index is 1640. The lowest BCUT2D eigenvalue weighted by molar-refractivity contribution is -0.274. The summed E-state index contributed by atoms with van der Waals surface area (Å²) in [6.07, 6.45) is -1.32. The third-order valence-corrected chi connectivity index (χ3v) is 8.06. The molecule has 0 aliphatic heterocycles. The van der Waals surface area contributed by atoms with Crippen molar-refractivity contribution in [3.63, 3.8) is 0 Å². The Hall–Kier alpha value is -3.96. The van der Waals surface area contributed by atoms with Gasteiger partial charge in [0.15, 0.2) is 0 Å². The zero-order chi connectivity index (χ0) is 28.5. The second-order valence-corrected chi connectivity index (χ2v) is 11.4. The van der Waals surface area contributed by atoms with Gasteiger partial charge in [0.05, 0.1) is 16.6 Å². The lowest BCUT2D eigenvalue weighted by Gasteiger charge is -2.23. The molecule has 208 valence electrons. The second-order valence-electron chi connectivity index (χ2n) is 9.64. The minimum atomic E-state index is -4.85. The van der Waals surface area contributed by atoms with Gasteiger partial charge >= 0.3 is 6.36 Å². The third kappa shape index (κ3) is 6.43. The molecule has 1 aliphatic rings. The first-order valence-corrected chi connectivity index (χ1v) is 14.1. The Balaban J connectivity index is 1.55. The first-order valence-electron chi connectivity index (χ1n) is 12.6. The molecule has 0 bridgehead atoms. The predicted molar refractivity (Wildman–Crippen MR) is 143 cm³/mol. The molecule has 1 aliphatic carbocycles. The molecule has 1 fully saturated rings. The lowest BCUT2D eigenvalue weighted by atomic mass is 9.94. The highest BCUT2D eigenvalue weighted by atomic mass is 32.2. The van der Waals surface area contributed by atoms with Gasteiger partial charge in [-0.1, -0.05) is 48.5 Å². The number of amides is 1. The van der Waals surface area contributed by atoms with Crippen LogP contribution in [0.3, 0.4) is 0 Å². The number of fused-ring (bicyclic) bond motifs is 1. The van der Waals surface area contributed by atoms with Crippen molar-refractivity contribution in [3.05, 3.63) is 101 Å². The Labute approximate surface area is 229 Å². The van der Waals surface area contributed by atoms with Gasteiger partial charge in [0.1, 0.15) is 5.75 Å². The number of aromatic nitrogens is 1. The molecule has 5 rings (SSSR count). The standard InChI is InChI=1S/C29H26F3N3O4S/c1-18(36)33-16-19-6-14-24(15-7-19)40(37,38)35-27(21-10-12-23(13-11-21)39-29(30,31)32)28-26(20-8-9-20)25-5-3-2-4-22(25)17-34-28/h2-7,10-15,17,20,27,35H,8-9,16H2,1H3,(H,33,36). The number of benzene rings is 3. The van der Waals surface area contributed by atoms with E-state index in [-0.39, 0.29) is 23.3 Å². The molecule has 1 unspecified atom stereocenters. The molecule has 2 N–H and O–H groups in total. The number of carbonyl (C=O) groups is 1. The van der Waals surface area contributed by atoms with Gasteiger partial charge in [0.2, 0.25) is 15.9 Å². The van der Waals surface area contributed by atoms with Crippen LogP contribution in [0.4, 0.5) is 13.2 Å². The summed E-state index contributed by atoms with van der Waals surface area (Å²) < 4.78 is 72.2. The van der Waals surface area contributed by atoms with Crippen molar-refractivity contribution in [2.24, 2.45) is 0 Å². The summed E-state index contributed by atoms with van der Waals surface area (Å²) in [5.41, 5.74) is 2.55. The summed E-state index contributed by atoms with van der Waals surface area (Å²) in [5, 5.41) is 4.53. The van der Waals surface area contributed by atoms with Crippen LogP contribution >= 0.6 is 0 Å². The average Bonchev–Trinajstić information content (AvgIpc) is 3.75. The minimum absolute atomic E-state index is 0.00476. The van der Waals surface area contributed by atoms with Gasteiger partial charge in [-0.25, -0.2) is 8.42 Å². The zero-order valence-electron chi connectivity index (χ0n) is 21.4. The average molecular weight is 570 g/mol. The molecule has 1 atom stereocenters. The molecule has 7 nitrogen and oxygen atoms in total. The van der Waals surface area contributed by atoms with E-state index in [4.69, 9.17) is 0 Å². The van der Waals surface area contributed by atoms with Crippen LogP contribution in [0.1, 0.15) is 54.1 Å². The molecule has 0 spiro atoms. The number of halogens is 3. The van der Waals surface area contributed by atoms with Gasteiger partial charge < -0.3 is 10.1 Å². The van der Waals surface area contributed by atoms with Gasteiger partial charge in [0, 0.05) is 25.1 Å². The normalized spacial score (nSPS) is 14.6. The van der Waals surface area contributed by atoms with Gasteiger partial charge in [0.25, 0.3) is 0 Å². The largest absolute Gasteiger partial charge is 0.573 e. The SMILES string of the molecule is CC(=O)NCc1ccc(S(=O)(=O)NC(c2ccc(OC(F)(F)F)cc2)c2ncc3ccccc3c2C2CC2)cc1. The number of rotatable bonds is 9. The highest BCUT2D eigenvalue weighted by Gasteiger charge is 2.34. The van der Waals surface area contributed by atoms with E-state index in [1.54, 1.807) is 18.3 Å². The summed E-state index contributed by atoms with van der Waals surface area (Å²) in [6.45, 7) is 1.64. The van der Waals surface area contributed by atoms with Crippen molar-refractivity contribution in [1.29, 1.82) is 0 Å². The monoisotopic (exact) mass is 569 g/mol. The van der Waals surface area contributed by atoms with Crippen LogP contribution < -0.4 is 14.8 Å². The molecule has 11 heteroatoms. The Morgan fingerprint density at radius 1 is 1.02 bits per heavy atom. The maximum atomic E-state index is 13.6. The number of nitrogens with one attached hydrogen (secondary N) is 2. The van der Waals surface area contributed by atoms with Crippen LogP contribution in [-0.2, 0) is 21.4 Å². The van der Waals surface area contributed by atoms with Crippen LogP contribution in [0.25, 0.3) is 10.8 Å². The minimum Gasteiger partial charge on any atom is -0.406 e. The molecule has 1 saturated carbocycles. The van der Waals surface area contributed by atoms with Gasteiger partial charge in [-0.3, -0.25) is 9.78 Å². The van der Waals surface area contributed by atoms with E-state index in [9.17, 15) is 26.4 Å². The summed E-state index contributed by atoms with van der Waals surface area (Å²) >= 11 is 0. The van der Waals surface area contributed by atoms with Crippen molar-refractivity contribution in [2.75, 3.05) is 0 Å². The summed E-state index contributed by atoms with van der Waals surface area (Å²) in [5.74, 6) is -0.426. The van der Waals surface area contributed by atoms with Crippen molar-refractivity contribution < 1.29 is 31.1 Å². The molecule has 1 heterocycles. The Morgan fingerprint density at radius 2 is 1.70 bits per heavy atom. The number of pyridine rings is 1. The number of sulfonamides is 1. The molecular formula is C29H26F3N3O4S. The van der Waals surface area contributed by atoms with Gasteiger partial charge in [-0.15, -0.1) is 13.2 Å². The summed E-state index contributed by atoms with van der Waals surface area (Å²) in [6, 6.07) is 17.9. The first-order chi connectivity index (χ1) is 19.0. The van der Waals surface area contributed by atoms with E-state index < -0.39 is 28.2 Å². The fourth-order valence-electron chi connectivity index (χ4n) is 4.61. The summed E-state index contributed by atoms with van der Waals surface area (Å²) in [7, 11) is -4.11. The van der Waals surface area contributed by atoms with E-state index in [1.165, 1.54) is 31.2 Å². The number of ether oxygens (including phenoxy) is 1. The molecule has 0 saturated heterocycles. The van der Waals surface area contributed by atoms with Crippen molar-refractivity contribution in [2.45, 2.75) is 49.5 Å². The summed E-state index contributed by atoms with van der Waals surface area (Å²) in [4.78, 5) is 15.9. The van der Waals surface area contributed by atoms with E-state index in [0.29, 0.717) is 11.3 Å². The molecular weight excluding hydrogens is 543 g/mol. The van der Waals surface area contributed by atoms with Crippen molar-refractivity contribution >= 4 is 26.7 Å². The molecule has 1 amide bonds. The molecule has 1 aromatic heterocycles. The maximum Gasteiger partial charge on any atom is 0.573 e. The van der Waals surface area contributed by atoms with Crippen LogP contribution in [0.2, 0.25) is 0 Å². The van der Waals surface area contributed by atoms with E-state index in [0.717, 1.165) is 46.9 Å². The molecule has 4 aromatic rings. The van der Waals surface area contributed by atoms with Crippen LogP contribution in [0.5, 0.6) is 5.75 Å². The zero-order valence-corrected chi connectivity index (χ0v) is 22.2.